The standard InChI is InChI=1S/C11H10BrN3O2/c1-7-13-11(17-15-7)6-10(16)14-9-4-2-8(12)3-5-9/h2-5H,6H2,1H3,(H,14,16). The number of aromatic nitrogens is 2. The zero-order valence-electron chi connectivity index (χ0n) is 9.11. The summed E-state index contributed by atoms with van der Waals surface area (Å²) < 4.78 is 5.82. The van der Waals surface area contributed by atoms with Crippen LogP contribution in [0.2, 0.25) is 0 Å². The summed E-state index contributed by atoms with van der Waals surface area (Å²) in [6.45, 7) is 1.71. The van der Waals surface area contributed by atoms with E-state index in [0.717, 1.165) is 10.2 Å². The number of rotatable bonds is 3. The molecular formula is C11H10BrN3O2. The average molecular weight is 296 g/mol. The Hall–Kier alpha value is -1.69. The molecule has 88 valence electrons. The maximum absolute atomic E-state index is 11.6. The second-order valence-corrected chi connectivity index (χ2v) is 4.38. The lowest BCUT2D eigenvalue weighted by molar-refractivity contribution is -0.115. The molecule has 0 fully saturated rings. The number of anilines is 1. The van der Waals surface area contributed by atoms with E-state index in [4.69, 9.17) is 4.52 Å². The summed E-state index contributed by atoms with van der Waals surface area (Å²) >= 11 is 3.32. The Morgan fingerprint density at radius 1 is 1.41 bits per heavy atom. The molecule has 2 aromatic rings. The molecule has 0 radical (unpaired) electrons. The van der Waals surface area contributed by atoms with Crippen molar-refractivity contribution in [3.63, 3.8) is 0 Å². The average Bonchev–Trinajstić information content (AvgIpc) is 2.67. The van der Waals surface area contributed by atoms with Crippen LogP contribution in [0.1, 0.15) is 11.7 Å². The first kappa shape index (κ1) is 11.8. The second-order valence-electron chi connectivity index (χ2n) is 3.47. The highest BCUT2D eigenvalue weighted by Gasteiger charge is 2.09. The van der Waals surface area contributed by atoms with Gasteiger partial charge in [-0.2, -0.15) is 4.98 Å². The lowest BCUT2D eigenvalue weighted by Gasteiger charge is -2.02. The van der Waals surface area contributed by atoms with Crippen molar-refractivity contribution < 1.29 is 9.32 Å². The molecular weight excluding hydrogens is 286 g/mol. The van der Waals surface area contributed by atoms with Gasteiger partial charge >= 0.3 is 0 Å². The third-order valence-electron chi connectivity index (χ3n) is 2.01. The molecule has 0 unspecified atom stereocenters. The smallest absolute Gasteiger partial charge is 0.236 e. The molecule has 0 saturated heterocycles. The lowest BCUT2D eigenvalue weighted by atomic mass is 10.3. The number of hydrogen-bond acceptors (Lipinski definition) is 4. The van der Waals surface area contributed by atoms with Crippen LogP contribution >= 0.6 is 15.9 Å². The van der Waals surface area contributed by atoms with Crippen LogP contribution < -0.4 is 5.32 Å². The molecule has 0 aliphatic rings. The van der Waals surface area contributed by atoms with E-state index in [-0.39, 0.29) is 12.3 Å². The van der Waals surface area contributed by atoms with Gasteiger partial charge in [-0.1, -0.05) is 21.1 Å². The number of hydrogen-bond donors (Lipinski definition) is 1. The highest BCUT2D eigenvalue weighted by Crippen LogP contribution is 2.14. The van der Waals surface area contributed by atoms with Crippen LogP contribution in [0.4, 0.5) is 5.69 Å². The molecule has 0 spiro atoms. The molecule has 2 rings (SSSR count). The number of carbonyl (C=O) groups is 1. The van der Waals surface area contributed by atoms with Gasteiger partial charge in [0.2, 0.25) is 11.8 Å². The fourth-order valence-corrected chi connectivity index (χ4v) is 1.55. The van der Waals surface area contributed by atoms with Crippen LogP contribution in [0.25, 0.3) is 0 Å². The van der Waals surface area contributed by atoms with E-state index < -0.39 is 0 Å². The molecule has 1 amide bonds. The quantitative estimate of drug-likeness (QED) is 0.943. The summed E-state index contributed by atoms with van der Waals surface area (Å²) in [5, 5.41) is 6.36. The molecule has 1 aromatic carbocycles. The van der Waals surface area contributed by atoms with Crippen molar-refractivity contribution in [2.75, 3.05) is 5.32 Å². The van der Waals surface area contributed by atoms with Crippen molar-refractivity contribution in [3.8, 4) is 0 Å². The maximum atomic E-state index is 11.6. The Morgan fingerprint density at radius 3 is 2.71 bits per heavy atom. The van der Waals surface area contributed by atoms with Gasteiger partial charge in [-0.3, -0.25) is 4.79 Å². The molecule has 17 heavy (non-hydrogen) atoms. The minimum Gasteiger partial charge on any atom is -0.339 e. The van der Waals surface area contributed by atoms with Crippen LogP contribution in [0.15, 0.2) is 33.3 Å². The monoisotopic (exact) mass is 295 g/mol. The topological polar surface area (TPSA) is 68.0 Å². The second kappa shape index (κ2) is 5.09. The largest absolute Gasteiger partial charge is 0.339 e. The molecule has 0 aliphatic heterocycles. The molecule has 0 aliphatic carbocycles. The first-order valence-electron chi connectivity index (χ1n) is 4.98. The number of nitrogens with zero attached hydrogens (tertiary/aromatic N) is 2. The molecule has 1 N–H and O–H groups in total. The highest BCUT2D eigenvalue weighted by atomic mass is 79.9. The van der Waals surface area contributed by atoms with Gasteiger partial charge in [0.05, 0.1) is 0 Å². The molecule has 0 saturated carbocycles. The zero-order chi connectivity index (χ0) is 12.3. The predicted molar refractivity (Wildman–Crippen MR) is 65.5 cm³/mol. The van der Waals surface area contributed by atoms with E-state index in [1.54, 1.807) is 19.1 Å². The van der Waals surface area contributed by atoms with Crippen molar-refractivity contribution in [1.29, 1.82) is 0 Å². The van der Waals surface area contributed by atoms with Gasteiger partial charge < -0.3 is 9.84 Å². The Bertz CT molecular complexity index is 522. The van der Waals surface area contributed by atoms with E-state index in [1.165, 1.54) is 0 Å². The van der Waals surface area contributed by atoms with Gasteiger partial charge in [-0.05, 0) is 31.2 Å². The Labute approximate surface area is 106 Å². The molecule has 0 bridgehead atoms. The molecule has 0 atom stereocenters. The summed E-state index contributed by atoms with van der Waals surface area (Å²) in [4.78, 5) is 15.6. The molecule has 5 nitrogen and oxygen atoms in total. The van der Waals surface area contributed by atoms with E-state index in [2.05, 4.69) is 31.4 Å². The summed E-state index contributed by atoms with van der Waals surface area (Å²) in [5.74, 6) is 0.657. The van der Waals surface area contributed by atoms with Crippen LogP contribution in [0.5, 0.6) is 0 Å². The Morgan fingerprint density at radius 2 is 2.12 bits per heavy atom. The van der Waals surface area contributed by atoms with E-state index >= 15 is 0 Å². The lowest BCUT2D eigenvalue weighted by Crippen LogP contribution is -2.14. The molecule has 6 heteroatoms. The van der Waals surface area contributed by atoms with Crippen LogP contribution in [-0.2, 0) is 11.2 Å². The van der Waals surface area contributed by atoms with Gasteiger partial charge in [0.15, 0.2) is 5.82 Å². The van der Waals surface area contributed by atoms with Gasteiger partial charge in [0.1, 0.15) is 6.42 Å². The number of aryl methyl sites for hydroxylation is 1. The fraction of sp³-hybridized carbons (Fsp3) is 0.182. The van der Waals surface area contributed by atoms with Crippen LogP contribution in [0.3, 0.4) is 0 Å². The Balaban J connectivity index is 1.95. The number of carbonyl (C=O) groups excluding carboxylic acids is 1. The summed E-state index contributed by atoms with van der Waals surface area (Å²) in [5.41, 5.74) is 0.731. The normalized spacial score (nSPS) is 10.2. The SMILES string of the molecule is Cc1noc(CC(=O)Nc2ccc(Br)cc2)n1. The number of nitrogens with one attached hydrogen (secondary N) is 1. The van der Waals surface area contributed by atoms with Gasteiger partial charge in [-0.25, -0.2) is 0 Å². The predicted octanol–water partition coefficient (Wildman–Crippen LogP) is 2.32. The zero-order valence-corrected chi connectivity index (χ0v) is 10.7. The minimum atomic E-state index is -0.184. The van der Waals surface area contributed by atoms with E-state index in [1.807, 2.05) is 12.1 Å². The number of amides is 1. The molecule has 1 aromatic heterocycles. The van der Waals surface area contributed by atoms with Gasteiger partial charge in [-0.15, -0.1) is 0 Å². The Kier molecular flexibility index (Phi) is 3.53. The fourth-order valence-electron chi connectivity index (χ4n) is 1.29. The first-order valence-corrected chi connectivity index (χ1v) is 5.77. The van der Waals surface area contributed by atoms with E-state index in [9.17, 15) is 4.79 Å². The number of halogens is 1. The van der Waals surface area contributed by atoms with Crippen LogP contribution in [0, 0.1) is 6.92 Å². The van der Waals surface area contributed by atoms with Gasteiger partial charge in [0, 0.05) is 10.2 Å². The number of benzene rings is 1. The third-order valence-corrected chi connectivity index (χ3v) is 2.54. The summed E-state index contributed by atoms with van der Waals surface area (Å²) in [7, 11) is 0. The van der Waals surface area contributed by atoms with Crippen molar-refractivity contribution in [3.05, 3.63) is 40.5 Å². The molecule has 1 heterocycles. The first-order chi connectivity index (χ1) is 8.13. The van der Waals surface area contributed by atoms with Crippen molar-refractivity contribution >= 4 is 27.5 Å². The van der Waals surface area contributed by atoms with E-state index in [0.29, 0.717) is 11.7 Å². The van der Waals surface area contributed by atoms with Crippen LogP contribution in [-0.4, -0.2) is 16.0 Å². The summed E-state index contributed by atoms with van der Waals surface area (Å²) in [6, 6.07) is 7.32. The van der Waals surface area contributed by atoms with Crippen molar-refractivity contribution in [2.45, 2.75) is 13.3 Å². The van der Waals surface area contributed by atoms with Crippen molar-refractivity contribution in [2.24, 2.45) is 0 Å². The summed E-state index contributed by atoms with van der Waals surface area (Å²) in [6.07, 6.45) is 0.0803. The highest BCUT2D eigenvalue weighted by molar-refractivity contribution is 9.10. The maximum Gasteiger partial charge on any atom is 0.236 e. The third kappa shape index (κ3) is 3.39. The van der Waals surface area contributed by atoms with Gasteiger partial charge in [0.25, 0.3) is 0 Å². The van der Waals surface area contributed by atoms with Crippen molar-refractivity contribution in [1.82, 2.24) is 10.1 Å². The minimum absolute atomic E-state index is 0.0803.